The van der Waals surface area contributed by atoms with Crippen LogP contribution < -0.4 is 4.90 Å². The zero-order valence-corrected chi connectivity index (χ0v) is 10.5. The van der Waals surface area contributed by atoms with Crippen LogP contribution >= 0.6 is 0 Å². The molecular weight excluding hydrogens is 230 g/mol. The summed E-state index contributed by atoms with van der Waals surface area (Å²) >= 11 is 0. The fraction of sp³-hybridized carbons (Fsp3) is 0. The lowest BCUT2D eigenvalue weighted by Crippen LogP contribution is -2.09. The Kier molecular flexibility index (Phi) is 2.67. The molecule has 0 saturated carbocycles. The second kappa shape index (κ2) is 5.40. The molecule has 0 aliphatic rings. The summed E-state index contributed by atoms with van der Waals surface area (Å²) in [7, 11) is 0. The minimum absolute atomic E-state index is 0.342. The lowest BCUT2D eigenvalue weighted by Gasteiger charge is -2.25. The Morgan fingerprint density at radius 1 is 0.526 bits per heavy atom. The van der Waals surface area contributed by atoms with E-state index in [1.165, 1.54) is 6.07 Å². The summed E-state index contributed by atoms with van der Waals surface area (Å²) < 4.78 is 15.7. The van der Waals surface area contributed by atoms with Crippen molar-refractivity contribution in [2.45, 2.75) is 0 Å². The van der Waals surface area contributed by atoms with Gasteiger partial charge in [-0.15, -0.1) is 0 Å². The summed E-state index contributed by atoms with van der Waals surface area (Å²) in [6.07, 6.45) is 0. The average Bonchev–Trinajstić information content (AvgIpc) is 2.49. The molecule has 0 aliphatic carbocycles. The minimum atomic E-state index is 0.342. The van der Waals surface area contributed by atoms with Gasteiger partial charge in [-0.25, -0.2) is 0 Å². The van der Waals surface area contributed by atoms with Gasteiger partial charge in [-0.1, -0.05) is 54.5 Å². The Morgan fingerprint density at radius 2 is 0.947 bits per heavy atom. The van der Waals surface area contributed by atoms with E-state index >= 15 is 0 Å². The topological polar surface area (TPSA) is 3.24 Å². The van der Waals surface area contributed by atoms with E-state index in [1.807, 2.05) is 60.7 Å². The molecule has 19 heavy (non-hydrogen) atoms. The van der Waals surface area contributed by atoms with Crippen molar-refractivity contribution in [1.82, 2.24) is 0 Å². The largest absolute Gasteiger partial charge is 0.311 e. The van der Waals surface area contributed by atoms with E-state index in [0.29, 0.717) is 12.1 Å². The minimum Gasteiger partial charge on any atom is -0.311 e. The van der Waals surface area contributed by atoms with Crippen LogP contribution in [-0.2, 0) is 0 Å². The van der Waals surface area contributed by atoms with Gasteiger partial charge in [0, 0.05) is 17.1 Å². The van der Waals surface area contributed by atoms with Crippen molar-refractivity contribution < 1.29 is 2.74 Å². The highest BCUT2D eigenvalue weighted by Gasteiger charge is 2.10. The van der Waals surface area contributed by atoms with Crippen molar-refractivity contribution in [1.29, 1.82) is 0 Å². The molecule has 0 fully saturated rings. The third-order valence-corrected chi connectivity index (χ3v) is 2.92. The maximum Gasteiger partial charge on any atom is 0.0623 e. The van der Waals surface area contributed by atoms with Gasteiger partial charge in [-0.2, -0.15) is 0 Å². The zero-order valence-electron chi connectivity index (χ0n) is 12.5. The summed E-state index contributed by atoms with van der Waals surface area (Å²) in [5, 5.41) is 0. The number of anilines is 3. The molecule has 0 radical (unpaired) electrons. The molecule has 0 unspecified atom stereocenters. The van der Waals surface area contributed by atoms with Crippen LogP contribution in [0.25, 0.3) is 0 Å². The van der Waals surface area contributed by atoms with Gasteiger partial charge in [0.25, 0.3) is 0 Å². The van der Waals surface area contributed by atoms with Crippen molar-refractivity contribution in [3.05, 3.63) is 90.9 Å². The molecule has 3 aromatic carbocycles. The summed E-state index contributed by atoms with van der Waals surface area (Å²) in [5.41, 5.74) is 2.84. The van der Waals surface area contributed by atoms with Crippen molar-refractivity contribution in [2.24, 2.45) is 0 Å². The maximum atomic E-state index is 7.85. The van der Waals surface area contributed by atoms with Crippen LogP contribution in [0.2, 0.25) is 0 Å². The summed E-state index contributed by atoms with van der Waals surface area (Å²) in [6.45, 7) is 0. The molecule has 3 aromatic rings. The van der Waals surface area contributed by atoms with Crippen LogP contribution in [0.1, 0.15) is 2.74 Å². The van der Waals surface area contributed by atoms with Crippen LogP contribution in [0, 0.1) is 0 Å². The summed E-state index contributed by atoms with van der Waals surface area (Å²) in [4.78, 5) is 2.05. The van der Waals surface area contributed by atoms with Crippen LogP contribution in [0.5, 0.6) is 0 Å². The highest BCUT2D eigenvalue weighted by Crippen LogP contribution is 2.33. The van der Waals surface area contributed by atoms with E-state index in [1.54, 1.807) is 12.1 Å². The van der Waals surface area contributed by atoms with Gasteiger partial charge in [0.2, 0.25) is 0 Å². The van der Waals surface area contributed by atoms with Crippen molar-refractivity contribution in [3.63, 3.8) is 0 Å². The van der Waals surface area contributed by atoms with Gasteiger partial charge in [0.05, 0.1) is 2.74 Å². The number of hydrogen-bond acceptors (Lipinski definition) is 1. The van der Waals surface area contributed by atoms with E-state index in [2.05, 4.69) is 4.90 Å². The van der Waals surface area contributed by atoms with Crippen LogP contribution in [-0.4, -0.2) is 0 Å². The standard InChI is InChI=1S/C18H15N/c1-4-10-16(11-5-1)19(17-12-6-2-7-13-17)18-14-8-3-9-15-18/h1-15H/i4T,5T. The summed E-state index contributed by atoms with van der Waals surface area (Å²) in [5.74, 6) is 0. The average molecular weight is 249 g/mol. The predicted octanol–water partition coefficient (Wildman–Crippen LogP) is 5.16. The molecule has 0 heterocycles. The quantitative estimate of drug-likeness (QED) is 0.620. The third-order valence-electron chi connectivity index (χ3n) is 2.92. The second-order valence-electron chi connectivity index (χ2n) is 4.20. The molecule has 1 heteroatoms. The SMILES string of the molecule is [3H]c1cc([3H])cc(N(c2ccccc2)c2ccccc2)c1. The number of hydrogen-bond donors (Lipinski definition) is 0. The fourth-order valence-electron chi connectivity index (χ4n) is 2.07. The van der Waals surface area contributed by atoms with Gasteiger partial charge >= 0.3 is 0 Å². The number of nitrogens with zero attached hydrogens (tertiary/aromatic N) is 1. The normalized spacial score (nSPS) is 11.6. The van der Waals surface area contributed by atoms with Gasteiger partial charge in [0.15, 0.2) is 0 Å². The van der Waals surface area contributed by atoms with E-state index in [4.69, 9.17) is 2.74 Å². The van der Waals surface area contributed by atoms with Crippen LogP contribution in [0.4, 0.5) is 17.1 Å². The van der Waals surface area contributed by atoms with E-state index < -0.39 is 0 Å². The van der Waals surface area contributed by atoms with Gasteiger partial charge < -0.3 is 4.90 Å². The van der Waals surface area contributed by atoms with Crippen molar-refractivity contribution in [3.8, 4) is 0 Å². The van der Waals surface area contributed by atoms with Gasteiger partial charge in [0.1, 0.15) is 0 Å². The predicted molar refractivity (Wildman–Crippen MR) is 81.1 cm³/mol. The third kappa shape index (κ3) is 2.50. The number of rotatable bonds is 3. The molecule has 0 aromatic heterocycles. The molecule has 0 spiro atoms. The molecule has 0 aliphatic heterocycles. The van der Waals surface area contributed by atoms with Crippen molar-refractivity contribution in [2.75, 3.05) is 4.90 Å². The van der Waals surface area contributed by atoms with Crippen molar-refractivity contribution >= 4 is 17.1 Å². The lowest BCUT2D eigenvalue weighted by atomic mass is 10.2. The second-order valence-corrected chi connectivity index (χ2v) is 4.20. The Hall–Kier alpha value is -2.54. The molecule has 0 saturated heterocycles. The molecule has 3 rings (SSSR count). The van der Waals surface area contributed by atoms with Gasteiger partial charge in [-0.3, -0.25) is 0 Å². The van der Waals surface area contributed by atoms with E-state index in [0.717, 1.165) is 17.1 Å². The molecule has 0 bridgehead atoms. The van der Waals surface area contributed by atoms with E-state index in [9.17, 15) is 0 Å². The molecular formula is C18H15N. The molecule has 0 amide bonds. The highest BCUT2D eigenvalue weighted by atomic mass is 15.1. The first-order chi connectivity index (χ1) is 10.2. The Balaban J connectivity index is 2.17. The summed E-state index contributed by atoms with van der Waals surface area (Å²) in [6, 6.07) is 25.7. The first kappa shape index (κ1) is 9.40. The zero-order chi connectivity index (χ0) is 14.7. The molecule has 0 N–H and O–H groups in total. The monoisotopic (exact) mass is 249 g/mol. The molecule has 1 nitrogen and oxygen atoms in total. The highest BCUT2D eigenvalue weighted by molar-refractivity contribution is 5.76. The number of benzene rings is 3. The number of para-hydroxylation sites is 3. The Morgan fingerprint density at radius 3 is 1.42 bits per heavy atom. The Labute approximate surface area is 116 Å². The van der Waals surface area contributed by atoms with E-state index in [-0.39, 0.29) is 0 Å². The van der Waals surface area contributed by atoms with Gasteiger partial charge in [-0.05, 0) is 36.4 Å². The lowest BCUT2D eigenvalue weighted by molar-refractivity contribution is 1.28. The van der Waals surface area contributed by atoms with Crippen LogP contribution in [0.15, 0.2) is 90.9 Å². The first-order valence-corrected chi connectivity index (χ1v) is 6.22. The maximum absolute atomic E-state index is 7.85. The smallest absolute Gasteiger partial charge is 0.0623 e. The molecule has 0 atom stereocenters. The molecule has 92 valence electrons. The Bertz CT molecular complexity index is 667. The fourth-order valence-corrected chi connectivity index (χ4v) is 2.07. The first-order valence-electron chi connectivity index (χ1n) is 7.22. The van der Waals surface area contributed by atoms with Crippen LogP contribution in [0.3, 0.4) is 0 Å².